The summed E-state index contributed by atoms with van der Waals surface area (Å²) in [5.41, 5.74) is 5.69. The molecule has 1 saturated carbocycles. The maximum Gasteiger partial charge on any atom is 0.573 e. The van der Waals surface area contributed by atoms with Crippen molar-refractivity contribution in [2.45, 2.75) is 38.1 Å². The van der Waals surface area contributed by atoms with Crippen LogP contribution in [-0.4, -0.2) is 24.9 Å². The second kappa shape index (κ2) is 7.00. The summed E-state index contributed by atoms with van der Waals surface area (Å²) in [5.74, 6) is -0.729. The van der Waals surface area contributed by atoms with Gasteiger partial charge in [0, 0.05) is 12.6 Å². The summed E-state index contributed by atoms with van der Waals surface area (Å²) in [6, 6.07) is 5.54. The normalized spacial score (nSPS) is 22.2. The Hall–Kier alpha value is -1.76. The van der Waals surface area contributed by atoms with E-state index in [2.05, 4.69) is 10.1 Å². The fourth-order valence-electron chi connectivity index (χ4n) is 2.59. The van der Waals surface area contributed by atoms with E-state index < -0.39 is 18.0 Å². The van der Waals surface area contributed by atoms with E-state index in [4.69, 9.17) is 5.73 Å². The molecule has 1 aromatic carbocycles. The molecule has 1 aliphatic carbocycles. The first-order valence-electron chi connectivity index (χ1n) is 7.23. The summed E-state index contributed by atoms with van der Waals surface area (Å²) < 4.78 is 40.9. The standard InChI is InChI=1S/C15H19F3N2O2/c16-15(17,18)22-13-4-2-1-3-12(13)14(21)20-9-10-5-7-11(19)8-6-10/h1-4,10-11H,5-9,19H2,(H,20,21). The number of amides is 1. The second-order valence-electron chi connectivity index (χ2n) is 5.53. The minimum absolute atomic E-state index is 0.118. The number of rotatable bonds is 4. The van der Waals surface area contributed by atoms with Crippen molar-refractivity contribution >= 4 is 5.91 Å². The van der Waals surface area contributed by atoms with Crippen molar-refractivity contribution in [3.05, 3.63) is 29.8 Å². The van der Waals surface area contributed by atoms with Gasteiger partial charge >= 0.3 is 6.36 Å². The zero-order chi connectivity index (χ0) is 16.2. The first kappa shape index (κ1) is 16.6. The number of hydrogen-bond acceptors (Lipinski definition) is 3. The summed E-state index contributed by atoms with van der Waals surface area (Å²) in [6.45, 7) is 0.436. The highest BCUT2D eigenvalue weighted by molar-refractivity contribution is 5.96. The molecule has 1 aromatic rings. The van der Waals surface area contributed by atoms with E-state index in [9.17, 15) is 18.0 Å². The van der Waals surface area contributed by atoms with E-state index in [1.165, 1.54) is 18.2 Å². The molecule has 0 bridgehead atoms. The Balaban J connectivity index is 1.95. The summed E-state index contributed by atoms with van der Waals surface area (Å²) in [5, 5.41) is 2.68. The van der Waals surface area contributed by atoms with Crippen molar-refractivity contribution in [3.8, 4) is 5.75 Å². The van der Waals surface area contributed by atoms with Crippen molar-refractivity contribution in [3.63, 3.8) is 0 Å². The zero-order valence-corrected chi connectivity index (χ0v) is 12.0. The van der Waals surface area contributed by atoms with Crippen LogP contribution in [0.4, 0.5) is 13.2 Å². The molecular formula is C15H19F3N2O2. The number of carbonyl (C=O) groups is 1. The number of nitrogens with one attached hydrogen (secondary N) is 1. The van der Waals surface area contributed by atoms with Crippen LogP contribution in [0.3, 0.4) is 0 Å². The van der Waals surface area contributed by atoms with Gasteiger partial charge in [0.25, 0.3) is 5.91 Å². The molecular weight excluding hydrogens is 297 g/mol. The fraction of sp³-hybridized carbons (Fsp3) is 0.533. The number of hydrogen-bond donors (Lipinski definition) is 2. The summed E-state index contributed by atoms with van der Waals surface area (Å²) in [6.07, 6.45) is -1.16. The van der Waals surface area contributed by atoms with E-state index in [1.54, 1.807) is 0 Å². The van der Waals surface area contributed by atoms with Gasteiger partial charge in [0.1, 0.15) is 5.75 Å². The van der Waals surface area contributed by atoms with E-state index in [0.29, 0.717) is 12.5 Å². The molecule has 0 saturated heterocycles. The van der Waals surface area contributed by atoms with E-state index in [0.717, 1.165) is 31.7 Å². The molecule has 7 heteroatoms. The number of nitrogens with two attached hydrogens (primary N) is 1. The van der Waals surface area contributed by atoms with E-state index in [-0.39, 0.29) is 11.6 Å². The van der Waals surface area contributed by atoms with Gasteiger partial charge < -0.3 is 15.8 Å². The van der Waals surface area contributed by atoms with Gasteiger partial charge in [-0.3, -0.25) is 4.79 Å². The van der Waals surface area contributed by atoms with Crippen molar-refractivity contribution in [1.29, 1.82) is 0 Å². The molecule has 1 fully saturated rings. The van der Waals surface area contributed by atoms with Crippen LogP contribution in [0.5, 0.6) is 5.75 Å². The lowest BCUT2D eigenvalue weighted by Gasteiger charge is -2.26. The van der Waals surface area contributed by atoms with Crippen molar-refractivity contribution in [2.24, 2.45) is 11.7 Å². The van der Waals surface area contributed by atoms with Crippen LogP contribution in [0, 0.1) is 5.92 Å². The average Bonchev–Trinajstić information content (AvgIpc) is 2.45. The molecule has 0 aliphatic heterocycles. The highest BCUT2D eigenvalue weighted by Crippen LogP contribution is 2.26. The first-order chi connectivity index (χ1) is 10.3. The zero-order valence-electron chi connectivity index (χ0n) is 12.0. The third-order valence-electron chi connectivity index (χ3n) is 3.80. The van der Waals surface area contributed by atoms with Crippen LogP contribution in [0.15, 0.2) is 24.3 Å². The molecule has 0 atom stereocenters. The number of halogens is 3. The summed E-state index contributed by atoms with van der Waals surface area (Å²) in [7, 11) is 0. The summed E-state index contributed by atoms with van der Waals surface area (Å²) in [4.78, 5) is 12.1. The Morgan fingerprint density at radius 3 is 2.50 bits per heavy atom. The van der Waals surface area contributed by atoms with Crippen molar-refractivity contribution < 1.29 is 22.7 Å². The van der Waals surface area contributed by atoms with Gasteiger partial charge in [-0.1, -0.05) is 12.1 Å². The quantitative estimate of drug-likeness (QED) is 0.898. The molecule has 0 heterocycles. The van der Waals surface area contributed by atoms with Gasteiger partial charge in [0.15, 0.2) is 0 Å². The number of ether oxygens (including phenoxy) is 1. The monoisotopic (exact) mass is 316 g/mol. The minimum Gasteiger partial charge on any atom is -0.405 e. The number of para-hydroxylation sites is 1. The number of benzene rings is 1. The second-order valence-corrected chi connectivity index (χ2v) is 5.53. The Labute approximate surface area is 126 Å². The lowest BCUT2D eigenvalue weighted by molar-refractivity contribution is -0.274. The van der Waals surface area contributed by atoms with Crippen LogP contribution in [0.2, 0.25) is 0 Å². The lowest BCUT2D eigenvalue weighted by atomic mass is 9.86. The van der Waals surface area contributed by atoms with Crippen molar-refractivity contribution in [2.75, 3.05) is 6.54 Å². The Bertz CT molecular complexity index is 512. The first-order valence-corrected chi connectivity index (χ1v) is 7.23. The predicted octanol–water partition coefficient (Wildman–Crippen LogP) is 2.83. The number of alkyl halides is 3. The average molecular weight is 316 g/mol. The van der Waals surface area contributed by atoms with E-state index >= 15 is 0 Å². The molecule has 22 heavy (non-hydrogen) atoms. The molecule has 4 nitrogen and oxygen atoms in total. The molecule has 0 spiro atoms. The Morgan fingerprint density at radius 2 is 1.86 bits per heavy atom. The fourth-order valence-corrected chi connectivity index (χ4v) is 2.59. The Kier molecular flexibility index (Phi) is 5.28. The Morgan fingerprint density at radius 1 is 1.23 bits per heavy atom. The van der Waals surface area contributed by atoms with Crippen molar-refractivity contribution in [1.82, 2.24) is 5.32 Å². The van der Waals surface area contributed by atoms with Crippen LogP contribution >= 0.6 is 0 Å². The van der Waals surface area contributed by atoms with Crippen LogP contribution in [0.25, 0.3) is 0 Å². The largest absolute Gasteiger partial charge is 0.573 e. The molecule has 0 radical (unpaired) electrons. The lowest BCUT2D eigenvalue weighted by Crippen LogP contribution is -2.34. The number of carbonyl (C=O) groups excluding carboxylic acids is 1. The molecule has 0 unspecified atom stereocenters. The van der Waals surface area contributed by atoms with E-state index in [1.807, 2.05) is 0 Å². The summed E-state index contributed by atoms with van der Waals surface area (Å²) >= 11 is 0. The van der Waals surface area contributed by atoms with Gasteiger partial charge in [-0.05, 0) is 43.7 Å². The SMILES string of the molecule is NC1CCC(CNC(=O)c2ccccc2OC(F)(F)F)CC1. The van der Waals surface area contributed by atoms with Gasteiger partial charge in [0.2, 0.25) is 0 Å². The molecule has 1 aliphatic rings. The van der Waals surface area contributed by atoms with Crippen LogP contribution < -0.4 is 15.8 Å². The van der Waals surface area contributed by atoms with Gasteiger partial charge in [-0.15, -0.1) is 13.2 Å². The third-order valence-corrected chi connectivity index (χ3v) is 3.80. The van der Waals surface area contributed by atoms with Gasteiger partial charge in [-0.25, -0.2) is 0 Å². The van der Waals surface area contributed by atoms with Gasteiger partial charge in [0.05, 0.1) is 5.56 Å². The topological polar surface area (TPSA) is 64.3 Å². The molecule has 2 rings (SSSR count). The van der Waals surface area contributed by atoms with Crippen LogP contribution in [-0.2, 0) is 0 Å². The smallest absolute Gasteiger partial charge is 0.405 e. The highest BCUT2D eigenvalue weighted by Gasteiger charge is 2.32. The maximum absolute atomic E-state index is 12.3. The maximum atomic E-state index is 12.3. The molecule has 3 N–H and O–H groups in total. The third kappa shape index (κ3) is 4.91. The minimum atomic E-state index is -4.82. The molecule has 122 valence electrons. The molecule has 0 aromatic heterocycles. The van der Waals surface area contributed by atoms with Gasteiger partial charge in [-0.2, -0.15) is 0 Å². The molecule has 1 amide bonds. The highest BCUT2D eigenvalue weighted by atomic mass is 19.4. The predicted molar refractivity (Wildman–Crippen MR) is 75.4 cm³/mol. The van der Waals surface area contributed by atoms with Crippen LogP contribution in [0.1, 0.15) is 36.0 Å².